The van der Waals surface area contributed by atoms with Crippen molar-refractivity contribution in [2.75, 3.05) is 0 Å². The topological polar surface area (TPSA) is 30.2 Å². The molecule has 0 N–H and O–H groups in total. The van der Waals surface area contributed by atoms with Crippen molar-refractivity contribution in [3.05, 3.63) is 30.2 Å². The highest BCUT2D eigenvalue weighted by atomic mass is 15.2. The van der Waals surface area contributed by atoms with Gasteiger partial charge < -0.3 is 0 Å². The Morgan fingerprint density at radius 2 is 2.17 bits per heavy atom. The Labute approximate surface area is 70.0 Å². The zero-order valence-corrected chi connectivity index (χ0v) is 6.64. The summed E-state index contributed by atoms with van der Waals surface area (Å²) in [5.74, 6) is 1.80. The van der Waals surface area contributed by atoms with Gasteiger partial charge in [0.15, 0.2) is 5.65 Å². The molecule has 1 fully saturated rings. The second-order valence-corrected chi connectivity index (χ2v) is 3.26. The van der Waals surface area contributed by atoms with E-state index >= 15 is 0 Å². The average Bonchev–Trinajstić information content (AvgIpc) is 2.86. The Bertz CT molecular complexity index is 414. The molecule has 0 aliphatic heterocycles. The number of fused-ring (bicyclic) bond motifs is 1. The fourth-order valence-corrected chi connectivity index (χ4v) is 1.48. The third-order valence-electron chi connectivity index (χ3n) is 2.28. The first-order valence-electron chi connectivity index (χ1n) is 4.25. The maximum atomic E-state index is 4.17. The summed E-state index contributed by atoms with van der Waals surface area (Å²) < 4.78 is 2.08. The lowest BCUT2D eigenvalue weighted by Gasteiger charge is -1.94. The average molecular weight is 159 g/mol. The predicted molar refractivity (Wildman–Crippen MR) is 45.0 cm³/mol. The van der Waals surface area contributed by atoms with E-state index in [0.717, 1.165) is 11.5 Å². The van der Waals surface area contributed by atoms with Crippen molar-refractivity contribution in [1.29, 1.82) is 0 Å². The molecule has 3 rings (SSSR count). The van der Waals surface area contributed by atoms with Crippen molar-refractivity contribution in [3.63, 3.8) is 0 Å². The van der Waals surface area contributed by atoms with E-state index in [-0.39, 0.29) is 0 Å². The third kappa shape index (κ3) is 0.763. The first-order valence-corrected chi connectivity index (χ1v) is 4.25. The number of hydrogen-bond donors (Lipinski definition) is 0. The summed E-state index contributed by atoms with van der Waals surface area (Å²) in [4.78, 5) is 0. The summed E-state index contributed by atoms with van der Waals surface area (Å²) in [6, 6.07) is 5.99. The zero-order chi connectivity index (χ0) is 7.97. The van der Waals surface area contributed by atoms with Crippen LogP contribution in [0.15, 0.2) is 24.4 Å². The normalized spacial score (nSPS) is 17.0. The standard InChI is InChI=1S/C9H9N3/c1-2-6-12-8(3-1)10-11-9(12)7-4-5-7/h1-3,6-7H,4-5H2. The van der Waals surface area contributed by atoms with Crippen LogP contribution in [0.1, 0.15) is 24.6 Å². The minimum Gasteiger partial charge on any atom is -0.286 e. The number of rotatable bonds is 1. The van der Waals surface area contributed by atoms with E-state index in [2.05, 4.69) is 14.6 Å². The van der Waals surface area contributed by atoms with Gasteiger partial charge in [0.05, 0.1) is 0 Å². The fourth-order valence-electron chi connectivity index (χ4n) is 1.48. The van der Waals surface area contributed by atoms with Crippen LogP contribution in [0.5, 0.6) is 0 Å². The van der Waals surface area contributed by atoms with E-state index < -0.39 is 0 Å². The van der Waals surface area contributed by atoms with Gasteiger partial charge in [-0.3, -0.25) is 4.40 Å². The Hall–Kier alpha value is -1.38. The summed E-state index contributed by atoms with van der Waals surface area (Å²) in [7, 11) is 0. The van der Waals surface area contributed by atoms with Gasteiger partial charge in [-0.05, 0) is 25.0 Å². The quantitative estimate of drug-likeness (QED) is 0.632. The maximum Gasteiger partial charge on any atom is 0.160 e. The Balaban J connectivity index is 2.30. The molecule has 1 aliphatic rings. The molecule has 0 unspecified atom stereocenters. The molecule has 0 amide bonds. The molecule has 0 radical (unpaired) electrons. The minimum absolute atomic E-state index is 0.669. The number of pyridine rings is 1. The molecule has 2 heterocycles. The molecule has 1 aliphatic carbocycles. The summed E-state index contributed by atoms with van der Waals surface area (Å²) in [6.07, 6.45) is 4.58. The molecule has 0 spiro atoms. The predicted octanol–water partition coefficient (Wildman–Crippen LogP) is 1.61. The van der Waals surface area contributed by atoms with E-state index in [1.54, 1.807) is 0 Å². The second kappa shape index (κ2) is 2.06. The largest absolute Gasteiger partial charge is 0.286 e. The fraction of sp³-hybridized carbons (Fsp3) is 0.333. The lowest BCUT2D eigenvalue weighted by Crippen LogP contribution is -1.90. The first-order chi connectivity index (χ1) is 5.95. The van der Waals surface area contributed by atoms with Crippen molar-refractivity contribution < 1.29 is 0 Å². The van der Waals surface area contributed by atoms with Crippen molar-refractivity contribution in [3.8, 4) is 0 Å². The van der Waals surface area contributed by atoms with Gasteiger partial charge in [0.2, 0.25) is 0 Å². The van der Waals surface area contributed by atoms with Crippen molar-refractivity contribution in [1.82, 2.24) is 14.6 Å². The molecule has 3 nitrogen and oxygen atoms in total. The van der Waals surface area contributed by atoms with Gasteiger partial charge in [0.1, 0.15) is 5.82 Å². The molecule has 0 aromatic carbocycles. The summed E-state index contributed by atoms with van der Waals surface area (Å²) in [5.41, 5.74) is 0.958. The van der Waals surface area contributed by atoms with Crippen LogP contribution in [0.3, 0.4) is 0 Å². The molecule has 1 saturated carbocycles. The van der Waals surface area contributed by atoms with Gasteiger partial charge in [0.25, 0.3) is 0 Å². The Morgan fingerprint density at radius 3 is 3.00 bits per heavy atom. The maximum absolute atomic E-state index is 4.17. The van der Waals surface area contributed by atoms with Gasteiger partial charge in [0, 0.05) is 12.1 Å². The van der Waals surface area contributed by atoms with Gasteiger partial charge in [-0.25, -0.2) is 0 Å². The number of aromatic nitrogens is 3. The lowest BCUT2D eigenvalue weighted by atomic mass is 10.4. The molecule has 0 atom stereocenters. The van der Waals surface area contributed by atoms with Crippen LogP contribution in [0, 0.1) is 0 Å². The Kier molecular flexibility index (Phi) is 1.06. The third-order valence-corrected chi connectivity index (χ3v) is 2.28. The molecule has 12 heavy (non-hydrogen) atoms. The minimum atomic E-state index is 0.669. The van der Waals surface area contributed by atoms with Crippen LogP contribution >= 0.6 is 0 Å². The second-order valence-electron chi connectivity index (χ2n) is 3.26. The molecule has 2 aromatic rings. The number of nitrogens with zero attached hydrogens (tertiary/aromatic N) is 3. The zero-order valence-electron chi connectivity index (χ0n) is 6.64. The smallest absolute Gasteiger partial charge is 0.160 e. The lowest BCUT2D eigenvalue weighted by molar-refractivity contribution is 0.897. The SMILES string of the molecule is c1ccn2c(C3CC3)nnc2c1. The Morgan fingerprint density at radius 1 is 1.25 bits per heavy atom. The van der Waals surface area contributed by atoms with Crippen LogP contribution in [-0.4, -0.2) is 14.6 Å². The summed E-state index contributed by atoms with van der Waals surface area (Å²) >= 11 is 0. The van der Waals surface area contributed by atoms with Crippen LogP contribution in [0.25, 0.3) is 5.65 Å². The summed E-state index contributed by atoms with van der Waals surface area (Å²) in [6.45, 7) is 0. The van der Waals surface area contributed by atoms with Gasteiger partial charge in [-0.2, -0.15) is 0 Å². The molecule has 60 valence electrons. The van der Waals surface area contributed by atoms with Gasteiger partial charge in [-0.15, -0.1) is 10.2 Å². The molecule has 2 aromatic heterocycles. The van der Waals surface area contributed by atoms with E-state index in [4.69, 9.17) is 0 Å². The van der Waals surface area contributed by atoms with Crippen molar-refractivity contribution in [2.24, 2.45) is 0 Å². The molecular formula is C9H9N3. The van der Waals surface area contributed by atoms with Crippen molar-refractivity contribution in [2.45, 2.75) is 18.8 Å². The van der Waals surface area contributed by atoms with Crippen LogP contribution in [0.2, 0.25) is 0 Å². The van der Waals surface area contributed by atoms with Gasteiger partial charge in [-0.1, -0.05) is 6.07 Å². The van der Waals surface area contributed by atoms with Crippen LogP contribution in [-0.2, 0) is 0 Å². The van der Waals surface area contributed by atoms with Crippen LogP contribution < -0.4 is 0 Å². The molecule has 0 bridgehead atoms. The van der Waals surface area contributed by atoms with E-state index in [1.807, 2.05) is 24.4 Å². The molecular weight excluding hydrogens is 150 g/mol. The van der Waals surface area contributed by atoms with Crippen molar-refractivity contribution >= 4 is 5.65 Å². The summed E-state index contributed by atoms with van der Waals surface area (Å²) in [5, 5.41) is 8.26. The van der Waals surface area contributed by atoms with Crippen LogP contribution in [0.4, 0.5) is 0 Å². The monoisotopic (exact) mass is 159 g/mol. The van der Waals surface area contributed by atoms with Gasteiger partial charge >= 0.3 is 0 Å². The highest BCUT2D eigenvalue weighted by Crippen LogP contribution is 2.38. The number of hydrogen-bond acceptors (Lipinski definition) is 2. The highest BCUT2D eigenvalue weighted by molar-refractivity contribution is 5.38. The van der Waals surface area contributed by atoms with E-state index in [0.29, 0.717) is 5.92 Å². The molecule has 3 heteroatoms. The van der Waals surface area contributed by atoms with E-state index in [1.165, 1.54) is 12.8 Å². The highest BCUT2D eigenvalue weighted by Gasteiger charge is 2.28. The first kappa shape index (κ1) is 6.17. The van der Waals surface area contributed by atoms with E-state index in [9.17, 15) is 0 Å². The molecule has 0 saturated heterocycles.